The van der Waals surface area contributed by atoms with E-state index < -0.39 is 0 Å². The van der Waals surface area contributed by atoms with Crippen LogP contribution in [0.2, 0.25) is 0 Å². The summed E-state index contributed by atoms with van der Waals surface area (Å²) in [5.41, 5.74) is 4.35. The molecule has 0 atom stereocenters. The summed E-state index contributed by atoms with van der Waals surface area (Å²) in [4.78, 5) is 23.0. The van der Waals surface area contributed by atoms with E-state index in [-0.39, 0.29) is 11.8 Å². The first-order valence-corrected chi connectivity index (χ1v) is 13.0. The number of carbonyl (C=O) groups is 1. The van der Waals surface area contributed by atoms with Crippen molar-refractivity contribution in [2.75, 3.05) is 43.0 Å². The van der Waals surface area contributed by atoms with E-state index in [1.165, 1.54) is 6.07 Å². The number of piperazine rings is 1. The Hall–Kier alpha value is -4.50. The van der Waals surface area contributed by atoms with Crippen molar-refractivity contribution < 1.29 is 13.9 Å². The number of aromatic nitrogens is 2. The molecule has 1 fully saturated rings. The predicted molar refractivity (Wildman–Crippen MR) is 150 cm³/mol. The third-order valence-electron chi connectivity index (χ3n) is 6.50. The van der Waals surface area contributed by atoms with Crippen molar-refractivity contribution in [2.45, 2.75) is 13.0 Å². The minimum atomic E-state index is -0.299. The molecule has 5 rings (SSSR count). The van der Waals surface area contributed by atoms with Crippen molar-refractivity contribution >= 4 is 17.5 Å². The molecule has 8 nitrogen and oxygen atoms in total. The summed E-state index contributed by atoms with van der Waals surface area (Å²) in [5, 5.41) is 8.96. The van der Waals surface area contributed by atoms with Gasteiger partial charge in [-0.2, -0.15) is 0 Å². The Balaban J connectivity index is 1.16. The number of halogens is 1. The van der Waals surface area contributed by atoms with Gasteiger partial charge in [0.05, 0.1) is 6.61 Å². The summed E-state index contributed by atoms with van der Waals surface area (Å²) in [6.07, 6.45) is 5.80. The number of anilines is 2. The zero-order valence-electron chi connectivity index (χ0n) is 21.6. The molecule has 0 spiro atoms. The largest absolute Gasteiger partial charge is 0.493 e. The Morgan fingerprint density at radius 3 is 2.67 bits per heavy atom. The van der Waals surface area contributed by atoms with E-state index in [1.807, 2.05) is 42.5 Å². The summed E-state index contributed by atoms with van der Waals surface area (Å²) < 4.78 is 20.2. The number of nitrogens with one attached hydrogen (secondary N) is 3. The smallest absolute Gasteiger partial charge is 0.319 e. The highest BCUT2D eigenvalue weighted by atomic mass is 19.1. The van der Waals surface area contributed by atoms with E-state index in [1.54, 1.807) is 36.8 Å². The number of carbonyl (C=O) groups excluding carboxylic acids is 1. The van der Waals surface area contributed by atoms with Crippen LogP contribution in [0.5, 0.6) is 5.75 Å². The highest BCUT2D eigenvalue weighted by Gasteiger charge is 2.14. The number of urea groups is 1. The minimum Gasteiger partial charge on any atom is -0.493 e. The number of amides is 2. The van der Waals surface area contributed by atoms with Crippen LogP contribution in [0.4, 0.5) is 20.7 Å². The highest BCUT2D eigenvalue weighted by Crippen LogP contribution is 2.28. The third kappa shape index (κ3) is 7.30. The van der Waals surface area contributed by atoms with Gasteiger partial charge in [-0.25, -0.2) is 14.2 Å². The van der Waals surface area contributed by atoms with Gasteiger partial charge in [0.15, 0.2) is 0 Å². The summed E-state index contributed by atoms with van der Waals surface area (Å²) in [7, 11) is 0. The fourth-order valence-electron chi connectivity index (χ4n) is 4.46. The molecule has 200 valence electrons. The quantitative estimate of drug-likeness (QED) is 0.295. The topological polar surface area (TPSA) is 91.4 Å². The molecule has 0 aliphatic carbocycles. The molecule has 1 aliphatic heterocycles. The summed E-state index contributed by atoms with van der Waals surface area (Å²) >= 11 is 0. The van der Waals surface area contributed by atoms with Crippen LogP contribution in [0.15, 0.2) is 85.3 Å². The Bertz CT molecular complexity index is 1380. The molecule has 1 saturated heterocycles. The SMILES string of the molecule is O=C(NCc1cccnc1)Nc1ccc(OCCc2ccc(F)cc2-c2ccnc(N3CCNCC3)c2)cc1. The van der Waals surface area contributed by atoms with Crippen molar-refractivity contribution in [1.82, 2.24) is 20.6 Å². The van der Waals surface area contributed by atoms with Crippen LogP contribution in [-0.4, -0.2) is 48.8 Å². The fourth-order valence-corrected chi connectivity index (χ4v) is 4.46. The van der Waals surface area contributed by atoms with E-state index in [0.717, 1.165) is 54.3 Å². The average Bonchev–Trinajstić information content (AvgIpc) is 2.99. The normalized spacial score (nSPS) is 13.1. The third-order valence-corrected chi connectivity index (χ3v) is 6.50. The van der Waals surface area contributed by atoms with Crippen LogP contribution >= 0.6 is 0 Å². The van der Waals surface area contributed by atoms with Gasteiger partial charge in [-0.3, -0.25) is 4.98 Å². The second-order valence-corrected chi connectivity index (χ2v) is 9.23. The number of nitrogens with zero attached hydrogens (tertiary/aromatic N) is 3. The standard InChI is InChI=1S/C30H31FN6O2/c31-25-4-3-23(28(19-25)24-9-12-34-29(18-24)37-15-13-32-14-16-37)10-17-39-27-7-5-26(6-8-27)36-30(38)35-21-22-2-1-11-33-20-22/h1-9,11-12,18-20,32H,10,13-17,21H2,(H2,35,36,38). The minimum absolute atomic E-state index is 0.275. The first-order chi connectivity index (χ1) is 19.1. The molecule has 0 saturated carbocycles. The van der Waals surface area contributed by atoms with Gasteiger partial charge < -0.3 is 25.6 Å². The first kappa shape index (κ1) is 26.1. The number of ether oxygens (including phenoxy) is 1. The molecule has 2 aromatic heterocycles. The van der Waals surface area contributed by atoms with E-state index in [9.17, 15) is 9.18 Å². The average molecular weight is 527 g/mol. The van der Waals surface area contributed by atoms with Gasteiger partial charge in [0, 0.05) is 63.4 Å². The Kier molecular flexibility index (Phi) is 8.60. The lowest BCUT2D eigenvalue weighted by Crippen LogP contribution is -2.43. The first-order valence-electron chi connectivity index (χ1n) is 13.0. The Morgan fingerprint density at radius 1 is 1.03 bits per heavy atom. The number of rotatable bonds is 9. The van der Waals surface area contributed by atoms with E-state index in [4.69, 9.17) is 4.74 Å². The van der Waals surface area contributed by atoms with E-state index in [0.29, 0.717) is 31.0 Å². The van der Waals surface area contributed by atoms with Gasteiger partial charge in [-0.1, -0.05) is 12.1 Å². The van der Waals surface area contributed by atoms with Crippen molar-refractivity contribution in [3.05, 3.63) is 102 Å². The van der Waals surface area contributed by atoms with Crippen LogP contribution in [-0.2, 0) is 13.0 Å². The maximum Gasteiger partial charge on any atom is 0.319 e. The van der Waals surface area contributed by atoms with Crippen LogP contribution in [0, 0.1) is 5.82 Å². The number of benzene rings is 2. The van der Waals surface area contributed by atoms with Gasteiger partial charge in [-0.15, -0.1) is 0 Å². The second-order valence-electron chi connectivity index (χ2n) is 9.23. The predicted octanol–water partition coefficient (Wildman–Crippen LogP) is 4.64. The molecule has 2 aromatic carbocycles. The zero-order chi connectivity index (χ0) is 26.9. The van der Waals surface area contributed by atoms with Crippen molar-refractivity contribution in [1.29, 1.82) is 0 Å². The van der Waals surface area contributed by atoms with Gasteiger partial charge in [0.25, 0.3) is 0 Å². The molecule has 2 amide bonds. The lowest BCUT2D eigenvalue weighted by atomic mass is 9.98. The summed E-state index contributed by atoms with van der Waals surface area (Å²) in [6, 6.07) is 19.5. The number of hydrogen-bond acceptors (Lipinski definition) is 6. The molecule has 3 heterocycles. The van der Waals surface area contributed by atoms with Crippen LogP contribution in [0.25, 0.3) is 11.1 Å². The van der Waals surface area contributed by atoms with E-state index >= 15 is 0 Å². The lowest BCUT2D eigenvalue weighted by Gasteiger charge is -2.28. The molecule has 1 aliphatic rings. The van der Waals surface area contributed by atoms with Crippen molar-refractivity contribution in [3.8, 4) is 16.9 Å². The van der Waals surface area contributed by atoms with Crippen LogP contribution in [0.3, 0.4) is 0 Å². The molecular weight excluding hydrogens is 495 g/mol. The van der Waals surface area contributed by atoms with Gasteiger partial charge in [0.1, 0.15) is 17.4 Å². The van der Waals surface area contributed by atoms with Gasteiger partial charge in [0.2, 0.25) is 0 Å². The summed E-state index contributed by atoms with van der Waals surface area (Å²) in [6.45, 7) is 4.45. The molecule has 39 heavy (non-hydrogen) atoms. The van der Waals surface area contributed by atoms with Gasteiger partial charge >= 0.3 is 6.03 Å². The fraction of sp³-hybridized carbons (Fsp3) is 0.233. The Labute approximate surface area is 227 Å². The molecule has 9 heteroatoms. The van der Waals surface area contributed by atoms with Crippen LogP contribution < -0.4 is 25.6 Å². The molecule has 3 N–H and O–H groups in total. The van der Waals surface area contributed by atoms with E-state index in [2.05, 4.69) is 30.8 Å². The maximum absolute atomic E-state index is 14.2. The van der Waals surface area contributed by atoms with Crippen molar-refractivity contribution in [3.63, 3.8) is 0 Å². The molecule has 0 radical (unpaired) electrons. The summed E-state index contributed by atoms with van der Waals surface area (Å²) in [5.74, 6) is 1.31. The van der Waals surface area contributed by atoms with Crippen molar-refractivity contribution in [2.24, 2.45) is 0 Å². The molecule has 4 aromatic rings. The lowest BCUT2D eigenvalue weighted by molar-refractivity contribution is 0.251. The molecule has 0 bridgehead atoms. The van der Waals surface area contributed by atoms with Gasteiger partial charge in [-0.05, 0) is 76.9 Å². The van der Waals surface area contributed by atoms with Crippen LogP contribution in [0.1, 0.15) is 11.1 Å². The number of hydrogen-bond donors (Lipinski definition) is 3. The monoisotopic (exact) mass is 526 g/mol. The molecule has 0 unspecified atom stereocenters. The number of pyridine rings is 2. The second kappa shape index (κ2) is 12.8. The Morgan fingerprint density at radius 2 is 1.87 bits per heavy atom. The molecular formula is C30H31FN6O2. The zero-order valence-corrected chi connectivity index (χ0v) is 21.6. The maximum atomic E-state index is 14.2. The highest BCUT2D eigenvalue weighted by molar-refractivity contribution is 5.89.